The highest BCUT2D eigenvalue weighted by molar-refractivity contribution is 6.08. The van der Waals surface area contributed by atoms with Crippen LogP contribution < -0.4 is 15.0 Å². The molecular weight excluding hydrogens is 561 g/mol. The highest BCUT2D eigenvalue weighted by Gasteiger charge is 2.44. The maximum atomic E-state index is 14.0. The van der Waals surface area contributed by atoms with Crippen LogP contribution in [-0.2, 0) is 36.8 Å². The van der Waals surface area contributed by atoms with Gasteiger partial charge in [-0.05, 0) is 36.1 Å². The lowest BCUT2D eigenvalue weighted by molar-refractivity contribution is -0.142. The van der Waals surface area contributed by atoms with Gasteiger partial charge in [0, 0.05) is 18.8 Å². The summed E-state index contributed by atoms with van der Waals surface area (Å²) in [6.07, 6.45) is 3.39. The van der Waals surface area contributed by atoms with Crippen LogP contribution in [0.25, 0.3) is 0 Å². The first-order chi connectivity index (χ1) is 20.0. The molecule has 3 atom stereocenters. The number of carboxylic acid groups (broad SMARTS) is 1. The van der Waals surface area contributed by atoms with Crippen molar-refractivity contribution in [3.8, 4) is 18.1 Å². The van der Waals surface area contributed by atoms with Crippen molar-refractivity contribution in [2.24, 2.45) is 5.92 Å². The van der Waals surface area contributed by atoms with Crippen LogP contribution in [0, 0.1) is 35.7 Å². The Morgan fingerprint density at radius 3 is 2.52 bits per heavy atom. The highest BCUT2D eigenvalue weighted by atomic mass is 19.2. The van der Waals surface area contributed by atoms with Gasteiger partial charge in [-0.25, -0.2) is 13.6 Å². The maximum absolute atomic E-state index is 14.0. The molecule has 0 aromatic heterocycles. The van der Waals surface area contributed by atoms with Gasteiger partial charge in [0.15, 0.2) is 35.6 Å². The van der Waals surface area contributed by atoms with Crippen LogP contribution in [0.4, 0.5) is 23.7 Å². The fraction of sp³-hybridized carbons (Fsp3) is 0.345. The van der Waals surface area contributed by atoms with E-state index in [0.29, 0.717) is 29.8 Å². The Balaban J connectivity index is 1.54. The van der Waals surface area contributed by atoms with E-state index in [2.05, 4.69) is 11.2 Å². The van der Waals surface area contributed by atoms with Crippen LogP contribution in [0.2, 0.25) is 0 Å². The minimum atomic E-state index is -1.67. The van der Waals surface area contributed by atoms with E-state index < -0.39 is 90.2 Å². The highest BCUT2D eigenvalue weighted by Crippen LogP contribution is 2.40. The van der Waals surface area contributed by atoms with E-state index in [1.54, 1.807) is 18.2 Å². The number of Topliss-reactive ketones (excluding diaryl/α,β-unsaturated/α-hetero) is 2. The number of terminal acetylenes is 1. The molecule has 10 nitrogen and oxygen atoms in total. The van der Waals surface area contributed by atoms with Gasteiger partial charge >= 0.3 is 12.1 Å². The molecule has 0 bridgehead atoms. The summed E-state index contributed by atoms with van der Waals surface area (Å²) in [4.78, 5) is 65.0. The number of aliphatic carboxylic acids is 1. The summed E-state index contributed by atoms with van der Waals surface area (Å²) >= 11 is 0. The van der Waals surface area contributed by atoms with Gasteiger partial charge in [0.1, 0.15) is 12.6 Å². The zero-order valence-corrected chi connectivity index (χ0v) is 22.0. The molecule has 0 saturated heterocycles. The molecule has 0 aliphatic carbocycles. The molecule has 0 saturated carbocycles. The maximum Gasteiger partial charge on any atom is 0.408 e. The molecule has 2 aromatic rings. The van der Waals surface area contributed by atoms with Crippen molar-refractivity contribution >= 4 is 35.2 Å². The summed E-state index contributed by atoms with van der Waals surface area (Å²) < 4.78 is 51.0. The Hall–Kier alpha value is -4.86. The number of anilines is 1. The number of carbonyl (C=O) groups is 5. The SMILES string of the molecule is C#CCOC(=O)N[C@H]1CCc2cccc3c2N(C1=O)[C@H](C(=O)CC(CC(=O)O)C(=O)COc1c(F)ccc(F)c1F)C3. The van der Waals surface area contributed by atoms with Crippen LogP contribution in [0.1, 0.15) is 30.4 Å². The van der Waals surface area contributed by atoms with Crippen molar-refractivity contribution in [1.82, 2.24) is 5.32 Å². The van der Waals surface area contributed by atoms with Gasteiger partial charge in [-0.15, -0.1) is 6.42 Å². The molecule has 42 heavy (non-hydrogen) atoms. The van der Waals surface area contributed by atoms with Crippen molar-refractivity contribution in [3.05, 3.63) is 58.9 Å². The third-order valence-corrected chi connectivity index (χ3v) is 7.04. The second-order valence-corrected chi connectivity index (χ2v) is 9.76. The number of aryl methyl sites for hydroxylation is 1. The van der Waals surface area contributed by atoms with Gasteiger partial charge in [0.05, 0.1) is 18.2 Å². The van der Waals surface area contributed by atoms with Crippen molar-refractivity contribution in [2.45, 2.75) is 44.2 Å². The lowest BCUT2D eigenvalue weighted by Crippen LogP contribution is -2.52. The molecule has 2 aromatic carbocycles. The van der Waals surface area contributed by atoms with Gasteiger partial charge in [0.25, 0.3) is 0 Å². The summed E-state index contributed by atoms with van der Waals surface area (Å²) in [5.41, 5.74) is 1.93. The van der Waals surface area contributed by atoms with E-state index in [9.17, 15) is 42.3 Å². The van der Waals surface area contributed by atoms with E-state index >= 15 is 0 Å². The summed E-state index contributed by atoms with van der Waals surface area (Å²) in [5, 5.41) is 11.8. The normalized spacial score (nSPS) is 17.9. The van der Waals surface area contributed by atoms with E-state index in [4.69, 9.17) is 15.9 Å². The Kier molecular flexibility index (Phi) is 9.15. The van der Waals surface area contributed by atoms with Crippen LogP contribution in [0.15, 0.2) is 30.3 Å². The molecule has 0 radical (unpaired) electrons. The smallest absolute Gasteiger partial charge is 0.408 e. The lowest BCUT2D eigenvalue weighted by atomic mass is 9.90. The second-order valence-electron chi connectivity index (χ2n) is 9.76. The second kappa shape index (κ2) is 12.8. The molecular formula is C29H25F3N2O8. The summed E-state index contributed by atoms with van der Waals surface area (Å²) in [7, 11) is 0. The molecule has 2 aliphatic rings. The number of carbonyl (C=O) groups excluding carboxylic acids is 4. The molecule has 1 unspecified atom stereocenters. The molecule has 13 heteroatoms. The Morgan fingerprint density at radius 1 is 1.10 bits per heavy atom. The number of para-hydroxylation sites is 1. The molecule has 2 heterocycles. The van der Waals surface area contributed by atoms with E-state index in [-0.39, 0.29) is 19.4 Å². The van der Waals surface area contributed by atoms with Crippen LogP contribution >= 0.6 is 0 Å². The molecule has 2 aliphatic heterocycles. The number of alkyl carbamates (subject to hydrolysis) is 1. The van der Waals surface area contributed by atoms with E-state index in [0.717, 1.165) is 5.56 Å². The van der Waals surface area contributed by atoms with Gasteiger partial charge < -0.3 is 19.9 Å². The fourth-order valence-electron chi connectivity index (χ4n) is 5.11. The number of ether oxygens (including phenoxy) is 2. The fourth-order valence-corrected chi connectivity index (χ4v) is 5.11. The quantitative estimate of drug-likeness (QED) is 0.303. The molecule has 2 N–H and O–H groups in total. The van der Waals surface area contributed by atoms with Gasteiger partial charge in [-0.3, -0.25) is 24.1 Å². The monoisotopic (exact) mass is 586 g/mol. The molecule has 0 fully saturated rings. The zero-order valence-electron chi connectivity index (χ0n) is 22.0. The van der Waals surface area contributed by atoms with Gasteiger partial charge in [-0.2, -0.15) is 4.39 Å². The van der Waals surface area contributed by atoms with E-state index in [1.165, 1.54) is 4.90 Å². The number of carboxylic acids is 1. The standard InChI is InChI=1S/C29H25F3N2O8/c1-2-10-41-29(40)33-20-9-6-15-4-3-5-16-11-21(34(26(15)16)28(20)39)22(35)12-17(13-24(37)38)23(36)14-42-27-19(31)8-7-18(30)25(27)32/h1,3-5,7-8,17,20-21H,6,9-14H2,(H,33,40)(H,37,38)/t17?,20-,21-/m0/s1. The number of hydrogen-bond donors (Lipinski definition) is 2. The average molecular weight is 587 g/mol. The third-order valence-electron chi connectivity index (χ3n) is 7.04. The van der Waals surface area contributed by atoms with Crippen molar-refractivity contribution < 1.29 is 51.7 Å². The first-order valence-electron chi connectivity index (χ1n) is 12.9. The number of nitrogens with one attached hydrogen (secondary N) is 1. The first-order valence-corrected chi connectivity index (χ1v) is 12.9. The zero-order chi connectivity index (χ0) is 30.6. The van der Waals surface area contributed by atoms with Gasteiger partial charge in [-0.1, -0.05) is 24.1 Å². The largest absolute Gasteiger partial charge is 0.481 e. The van der Waals surface area contributed by atoms with E-state index in [1.807, 2.05) is 0 Å². The predicted molar refractivity (Wildman–Crippen MR) is 139 cm³/mol. The summed E-state index contributed by atoms with van der Waals surface area (Å²) in [6, 6.07) is 4.21. The average Bonchev–Trinajstić information content (AvgIpc) is 3.29. The Morgan fingerprint density at radius 2 is 1.81 bits per heavy atom. The van der Waals surface area contributed by atoms with Crippen molar-refractivity contribution in [2.75, 3.05) is 18.1 Å². The van der Waals surface area contributed by atoms with Crippen LogP contribution in [0.5, 0.6) is 5.75 Å². The topological polar surface area (TPSA) is 139 Å². The number of nitrogens with zero attached hydrogens (tertiary/aromatic N) is 1. The Labute approximate surface area is 237 Å². The van der Waals surface area contributed by atoms with Crippen molar-refractivity contribution in [1.29, 1.82) is 0 Å². The molecule has 4 rings (SSSR count). The predicted octanol–water partition coefficient (Wildman–Crippen LogP) is 2.73. The summed E-state index contributed by atoms with van der Waals surface area (Å²) in [6.45, 7) is -1.35. The molecule has 2 amide bonds. The number of hydrogen-bond acceptors (Lipinski definition) is 7. The van der Waals surface area contributed by atoms with Crippen molar-refractivity contribution in [3.63, 3.8) is 0 Å². The number of ketones is 2. The number of halogens is 3. The van der Waals surface area contributed by atoms with Gasteiger partial charge in [0.2, 0.25) is 11.7 Å². The minimum absolute atomic E-state index is 0.0756. The molecule has 220 valence electrons. The number of benzene rings is 2. The first kappa shape index (κ1) is 30.1. The molecule has 0 spiro atoms. The lowest BCUT2D eigenvalue weighted by Gasteiger charge is -2.28. The Bertz CT molecular complexity index is 1490. The third kappa shape index (κ3) is 6.38. The van der Waals surface area contributed by atoms with Crippen LogP contribution in [0.3, 0.4) is 0 Å². The summed E-state index contributed by atoms with van der Waals surface area (Å²) in [5.74, 6) is -8.52. The number of rotatable bonds is 11. The minimum Gasteiger partial charge on any atom is -0.481 e. The number of amides is 2. The van der Waals surface area contributed by atoms with Crippen LogP contribution in [-0.4, -0.2) is 59.9 Å².